The van der Waals surface area contributed by atoms with Gasteiger partial charge in [-0.2, -0.15) is 5.26 Å². The first-order valence-electron chi connectivity index (χ1n) is 11.1. The van der Waals surface area contributed by atoms with Crippen molar-refractivity contribution < 1.29 is 19.4 Å². The zero-order valence-electron chi connectivity index (χ0n) is 17.6. The molecule has 6 heteroatoms. The van der Waals surface area contributed by atoms with Crippen molar-refractivity contribution in [1.82, 2.24) is 0 Å². The van der Waals surface area contributed by atoms with Crippen molar-refractivity contribution in [1.29, 1.82) is 5.26 Å². The van der Waals surface area contributed by atoms with Crippen molar-refractivity contribution in [3.05, 3.63) is 63.7 Å². The molecule has 3 aliphatic rings. The Hall–Kier alpha value is -2.16. The molecule has 3 aliphatic carbocycles. The highest BCUT2D eigenvalue weighted by Gasteiger charge is 2.61. The van der Waals surface area contributed by atoms with Gasteiger partial charge in [0, 0.05) is 17.2 Å². The van der Waals surface area contributed by atoms with Gasteiger partial charge in [0.2, 0.25) is 12.4 Å². The molecule has 1 heterocycles. The standard InChI is InChI=1S/C25H27ClFN2O2/c1-24-9-6-18-17-3-2-16(13-28)23(27)20(17)5-4-19(18)21(24)7-10-25(24,30)12-15-8-11-29(31)14-22(15)26/h2-3,8,11,14,18-19,21,30-31H,4-7,9-10,12H2,1H3/q+1/t18?,19?,21?,24-,25+/m0/s1. The predicted octanol–water partition coefficient (Wildman–Crippen LogP) is 4.71. The number of nitrogens with zero attached hydrogens (tertiary/aromatic N) is 2. The molecule has 3 unspecified atom stereocenters. The highest BCUT2D eigenvalue weighted by Crippen LogP contribution is 2.65. The molecule has 31 heavy (non-hydrogen) atoms. The van der Waals surface area contributed by atoms with E-state index in [1.54, 1.807) is 18.3 Å². The van der Waals surface area contributed by atoms with Crippen LogP contribution in [0.4, 0.5) is 4.39 Å². The molecule has 0 bridgehead atoms. The van der Waals surface area contributed by atoms with Crippen LogP contribution in [0.15, 0.2) is 30.6 Å². The molecular weight excluding hydrogens is 415 g/mol. The number of benzene rings is 1. The Labute approximate surface area is 186 Å². The van der Waals surface area contributed by atoms with E-state index < -0.39 is 5.60 Å². The van der Waals surface area contributed by atoms with E-state index in [1.165, 1.54) is 6.20 Å². The zero-order chi connectivity index (χ0) is 22.0. The van der Waals surface area contributed by atoms with Crippen LogP contribution in [0.3, 0.4) is 0 Å². The first-order valence-corrected chi connectivity index (χ1v) is 11.5. The summed E-state index contributed by atoms with van der Waals surface area (Å²) in [6, 6.07) is 7.33. The average molecular weight is 442 g/mol. The van der Waals surface area contributed by atoms with Crippen molar-refractivity contribution in [2.24, 2.45) is 17.3 Å². The lowest BCUT2D eigenvalue weighted by Crippen LogP contribution is -2.52. The number of nitriles is 1. The molecule has 0 amide bonds. The lowest BCUT2D eigenvalue weighted by Gasteiger charge is -2.53. The van der Waals surface area contributed by atoms with Gasteiger partial charge in [-0.1, -0.05) is 24.6 Å². The predicted molar refractivity (Wildman–Crippen MR) is 113 cm³/mol. The summed E-state index contributed by atoms with van der Waals surface area (Å²) < 4.78 is 15.7. The highest BCUT2D eigenvalue weighted by atomic mass is 35.5. The number of aliphatic hydroxyl groups is 1. The maximum absolute atomic E-state index is 14.8. The van der Waals surface area contributed by atoms with E-state index in [1.807, 2.05) is 12.1 Å². The lowest BCUT2D eigenvalue weighted by atomic mass is 9.52. The Morgan fingerprint density at radius 2 is 2.06 bits per heavy atom. The van der Waals surface area contributed by atoms with E-state index >= 15 is 0 Å². The van der Waals surface area contributed by atoms with Crippen molar-refractivity contribution in [3.63, 3.8) is 0 Å². The average Bonchev–Trinajstić information content (AvgIpc) is 3.01. The Morgan fingerprint density at radius 3 is 2.81 bits per heavy atom. The highest BCUT2D eigenvalue weighted by molar-refractivity contribution is 6.31. The summed E-state index contributed by atoms with van der Waals surface area (Å²) in [5.41, 5.74) is 1.69. The van der Waals surface area contributed by atoms with E-state index in [-0.39, 0.29) is 16.8 Å². The molecule has 162 valence electrons. The van der Waals surface area contributed by atoms with Gasteiger partial charge in [-0.05, 0) is 84.5 Å². The largest absolute Gasteiger partial charge is 0.389 e. The summed E-state index contributed by atoms with van der Waals surface area (Å²) in [7, 11) is 0. The Kier molecular flexibility index (Phi) is 4.80. The molecule has 0 saturated heterocycles. The second-order valence-corrected chi connectivity index (χ2v) is 10.3. The molecule has 2 aromatic rings. The van der Waals surface area contributed by atoms with Crippen LogP contribution in [0.25, 0.3) is 0 Å². The first-order chi connectivity index (χ1) is 14.8. The molecule has 5 atom stereocenters. The van der Waals surface area contributed by atoms with Crippen molar-refractivity contribution in [3.8, 4) is 6.07 Å². The molecule has 2 saturated carbocycles. The SMILES string of the molecule is C[C@]12CCC3c4ccc(C#N)c(F)c4CCC3C1CC[C@@]2(O)Cc1cc[n+](O)cc1Cl. The molecule has 0 spiro atoms. The number of hydrogen-bond donors (Lipinski definition) is 2. The van der Waals surface area contributed by atoms with Crippen LogP contribution < -0.4 is 4.73 Å². The minimum Gasteiger partial charge on any atom is -0.389 e. The topological polar surface area (TPSA) is 68.1 Å². The van der Waals surface area contributed by atoms with Crippen LogP contribution in [0.2, 0.25) is 5.02 Å². The molecule has 1 aromatic heterocycles. The Bertz CT molecular complexity index is 1100. The summed E-state index contributed by atoms with van der Waals surface area (Å²) in [5.74, 6) is 0.737. The maximum Gasteiger partial charge on any atom is 0.241 e. The summed E-state index contributed by atoms with van der Waals surface area (Å²) in [5, 5.41) is 31.1. The van der Waals surface area contributed by atoms with Crippen LogP contribution in [0.1, 0.15) is 67.2 Å². The van der Waals surface area contributed by atoms with E-state index in [0.29, 0.717) is 35.6 Å². The molecule has 2 fully saturated rings. The maximum atomic E-state index is 14.8. The third-order valence-electron chi connectivity index (χ3n) is 8.75. The lowest BCUT2D eigenvalue weighted by molar-refractivity contribution is -0.904. The first kappa shape index (κ1) is 20.7. The van der Waals surface area contributed by atoms with Gasteiger partial charge in [0.15, 0.2) is 0 Å². The summed E-state index contributed by atoms with van der Waals surface area (Å²) in [4.78, 5) is 0. The molecule has 1 aromatic carbocycles. The zero-order valence-corrected chi connectivity index (χ0v) is 18.4. The van der Waals surface area contributed by atoms with Gasteiger partial charge in [0.25, 0.3) is 0 Å². The molecule has 0 aliphatic heterocycles. The van der Waals surface area contributed by atoms with Gasteiger partial charge < -0.3 is 5.11 Å². The summed E-state index contributed by atoms with van der Waals surface area (Å²) in [6.07, 6.45) is 8.47. The number of pyridine rings is 1. The van der Waals surface area contributed by atoms with E-state index in [2.05, 4.69) is 6.92 Å². The Morgan fingerprint density at radius 1 is 1.26 bits per heavy atom. The second kappa shape index (κ2) is 7.18. The molecule has 5 rings (SSSR count). The minimum absolute atomic E-state index is 0.136. The quantitative estimate of drug-likeness (QED) is 0.524. The van der Waals surface area contributed by atoms with Crippen molar-refractivity contribution in [2.45, 2.75) is 63.4 Å². The fourth-order valence-electron chi connectivity index (χ4n) is 7.06. The second-order valence-electron chi connectivity index (χ2n) is 9.92. The normalized spacial score (nSPS) is 33.8. The molecular formula is C25H27ClFN2O2+. The van der Waals surface area contributed by atoms with Crippen LogP contribution in [0.5, 0.6) is 0 Å². The number of halogens is 2. The third-order valence-corrected chi connectivity index (χ3v) is 9.09. The molecule has 4 nitrogen and oxygen atoms in total. The third kappa shape index (κ3) is 2.99. The van der Waals surface area contributed by atoms with E-state index in [0.717, 1.165) is 53.5 Å². The number of rotatable bonds is 2. The van der Waals surface area contributed by atoms with Gasteiger partial charge in [-0.25, -0.2) is 4.39 Å². The minimum atomic E-state index is -0.857. The van der Waals surface area contributed by atoms with Gasteiger partial charge in [-0.15, -0.1) is 0 Å². The number of fused-ring (bicyclic) bond motifs is 5. The Balaban J connectivity index is 1.46. The van der Waals surface area contributed by atoms with Crippen molar-refractivity contribution in [2.75, 3.05) is 0 Å². The van der Waals surface area contributed by atoms with Gasteiger partial charge >= 0.3 is 0 Å². The van der Waals surface area contributed by atoms with E-state index in [4.69, 9.17) is 11.6 Å². The summed E-state index contributed by atoms with van der Waals surface area (Å²) in [6.45, 7) is 2.22. The van der Waals surface area contributed by atoms with Crippen LogP contribution in [-0.4, -0.2) is 15.9 Å². The fraction of sp³-hybridized carbons (Fsp3) is 0.520. The monoisotopic (exact) mass is 441 g/mol. The summed E-state index contributed by atoms with van der Waals surface area (Å²) >= 11 is 6.35. The fourth-order valence-corrected chi connectivity index (χ4v) is 7.29. The van der Waals surface area contributed by atoms with Gasteiger partial charge in [0.05, 0.1) is 11.2 Å². The van der Waals surface area contributed by atoms with Crippen molar-refractivity contribution >= 4 is 11.6 Å². The van der Waals surface area contributed by atoms with Crippen LogP contribution in [-0.2, 0) is 12.8 Å². The van der Waals surface area contributed by atoms with Gasteiger partial charge in [0.1, 0.15) is 16.9 Å². The number of hydrogen-bond acceptors (Lipinski definition) is 3. The smallest absolute Gasteiger partial charge is 0.241 e. The molecule has 0 radical (unpaired) electrons. The number of aromatic nitrogens is 1. The van der Waals surface area contributed by atoms with Crippen LogP contribution >= 0.6 is 11.6 Å². The molecule has 2 N–H and O–H groups in total. The van der Waals surface area contributed by atoms with E-state index in [9.17, 15) is 20.0 Å². The van der Waals surface area contributed by atoms with Gasteiger partial charge in [-0.3, -0.25) is 5.21 Å². The van der Waals surface area contributed by atoms with Crippen LogP contribution in [0, 0.1) is 34.4 Å².